The molecule has 2 aromatic rings. The van der Waals surface area contributed by atoms with E-state index < -0.39 is 0 Å². The molecule has 0 amide bonds. The highest BCUT2D eigenvalue weighted by Gasteiger charge is 2.05. The van der Waals surface area contributed by atoms with Crippen molar-refractivity contribution in [3.8, 4) is 11.5 Å². The number of benzene rings is 2. The van der Waals surface area contributed by atoms with Gasteiger partial charge in [-0.25, -0.2) is 5.43 Å². The first-order valence-corrected chi connectivity index (χ1v) is 8.27. The Morgan fingerprint density at radius 1 is 1.04 bits per heavy atom. The molecule has 0 saturated carbocycles. The Kier molecular flexibility index (Phi) is 7.27. The Bertz CT molecular complexity index is 560. The van der Waals surface area contributed by atoms with E-state index in [0.717, 1.165) is 50.4 Å². The summed E-state index contributed by atoms with van der Waals surface area (Å²) in [7, 11) is 0. The SMILES string of the molecule is CCCN(NCCCCOc1ccccc1)c1cccc(O)c1. The molecular weight excluding hydrogens is 288 g/mol. The van der Waals surface area contributed by atoms with Gasteiger partial charge in [0.1, 0.15) is 11.5 Å². The van der Waals surface area contributed by atoms with Gasteiger partial charge in [-0.05, 0) is 43.5 Å². The molecule has 0 aliphatic heterocycles. The predicted octanol–water partition coefficient (Wildman–Crippen LogP) is 3.97. The van der Waals surface area contributed by atoms with E-state index in [1.165, 1.54) is 0 Å². The normalized spacial score (nSPS) is 10.5. The summed E-state index contributed by atoms with van der Waals surface area (Å²) >= 11 is 0. The summed E-state index contributed by atoms with van der Waals surface area (Å²) in [5.74, 6) is 1.22. The summed E-state index contributed by atoms with van der Waals surface area (Å²) in [4.78, 5) is 0. The van der Waals surface area contributed by atoms with E-state index in [4.69, 9.17) is 4.74 Å². The number of nitrogens with zero attached hydrogens (tertiary/aromatic N) is 1. The van der Waals surface area contributed by atoms with Crippen molar-refractivity contribution in [3.05, 3.63) is 54.6 Å². The highest BCUT2D eigenvalue weighted by Crippen LogP contribution is 2.18. The van der Waals surface area contributed by atoms with Gasteiger partial charge in [0, 0.05) is 19.2 Å². The highest BCUT2D eigenvalue weighted by atomic mass is 16.5. The number of phenolic OH excluding ortho intramolecular Hbond substituents is 1. The van der Waals surface area contributed by atoms with Crippen LogP contribution >= 0.6 is 0 Å². The van der Waals surface area contributed by atoms with E-state index in [1.54, 1.807) is 12.1 Å². The van der Waals surface area contributed by atoms with Gasteiger partial charge in [-0.2, -0.15) is 0 Å². The average molecular weight is 314 g/mol. The zero-order chi connectivity index (χ0) is 16.3. The van der Waals surface area contributed by atoms with Crippen LogP contribution in [0, 0.1) is 0 Å². The number of unbranched alkanes of at least 4 members (excludes halogenated alkanes) is 1. The summed E-state index contributed by atoms with van der Waals surface area (Å²) in [6.07, 6.45) is 3.08. The van der Waals surface area contributed by atoms with Crippen LogP contribution in [-0.2, 0) is 0 Å². The van der Waals surface area contributed by atoms with E-state index >= 15 is 0 Å². The van der Waals surface area contributed by atoms with Crippen molar-refractivity contribution in [3.63, 3.8) is 0 Å². The lowest BCUT2D eigenvalue weighted by molar-refractivity contribution is 0.305. The van der Waals surface area contributed by atoms with Crippen LogP contribution < -0.4 is 15.2 Å². The Morgan fingerprint density at radius 2 is 1.87 bits per heavy atom. The van der Waals surface area contributed by atoms with E-state index in [0.29, 0.717) is 5.75 Å². The topological polar surface area (TPSA) is 44.7 Å². The number of anilines is 1. The standard InChI is InChI=1S/C19H26N2O2/c1-2-14-21(17-9-8-10-18(22)16-17)20-13-6-7-15-23-19-11-4-3-5-12-19/h3-5,8-12,16,20,22H,2,6-7,13-15H2,1H3. The lowest BCUT2D eigenvalue weighted by Crippen LogP contribution is -2.39. The first-order chi connectivity index (χ1) is 11.3. The van der Waals surface area contributed by atoms with Crippen LogP contribution in [0.1, 0.15) is 26.2 Å². The smallest absolute Gasteiger partial charge is 0.119 e. The maximum absolute atomic E-state index is 9.61. The average Bonchev–Trinajstić information content (AvgIpc) is 2.58. The van der Waals surface area contributed by atoms with Crippen LogP contribution in [0.3, 0.4) is 0 Å². The molecule has 0 aliphatic carbocycles. The van der Waals surface area contributed by atoms with Gasteiger partial charge < -0.3 is 14.9 Å². The molecule has 0 saturated heterocycles. The zero-order valence-corrected chi connectivity index (χ0v) is 13.7. The van der Waals surface area contributed by atoms with Crippen molar-refractivity contribution < 1.29 is 9.84 Å². The van der Waals surface area contributed by atoms with Crippen molar-refractivity contribution in [1.82, 2.24) is 5.43 Å². The number of ether oxygens (including phenoxy) is 1. The summed E-state index contributed by atoms with van der Waals surface area (Å²) in [5.41, 5.74) is 4.42. The molecule has 0 spiro atoms. The molecule has 4 nitrogen and oxygen atoms in total. The maximum Gasteiger partial charge on any atom is 0.119 e. The quantitative estimate of drug-likeness (QED) is 0.514. The second-order valence-electron chi connectivity index (χ2n) is 5.45. The van der Waals surface area contributed by atoms with E-state index in [-0.39, 0.29) is 0 Å². The molecule has 2 aromatic carbocycles. The molecule has 0 aliphatic rings. The van der Waals surface area contributed by atoms with Crippen LogP contribution in [0.4, 0.5) is 5.69 Å². The van der Waals surface area contributed by atoms with Crippen molar-refractivity contribution >= 4 is 5.69 Å². The molecule has 0 aromatic heterocycles. The van der Waals surface area contributed by atoms with Gasteiger partial charge in [0.15, 0.2) is 0 Å². The molecule has 2 N–H and O–H groups in total. The molecule has 0 heterocycles. The van der Waals surface area contributed by atoms with Gasteiger partial charge >= 0.3 is 0 Å². The largest absolute Gasteiger partial charge is 0.508 e. The van der Waals surface area contributed by atoms with Gasteiger partial charge in [0.05, 0.1) is 12.3 Å². The van der Waals surface area contributed by atoms with Gasteiger partial charge in [0.25, 0.3) is 0 Å². The molecule has 0 atom stereocenters. The van der Waals surface area contributed by atoms with E-state index in [1.807, 2.05) is 42.5 Å². The second-order valence-corrected chi connectivity index (χ2v) is 5.45. The van der Waals surface area contributed by atoms with Crippen LogP contribution in [0.2, 0.25) is 0 Å². The minimum absolute atomic E-state index is 0.293. The van der Waals surface area contributed by atoms with Crippen LogP contribution in [0.25, 0.3) is 0 Å². The van der Waals surface area contributed by atoms with Gasteiger partial charge in [0.2, 0.25) is 0 Å². The Balaban J connectivity index is 1.68. The van der Waals surface area contributed by atoms with Crippen molar-refractivity contribution in [1.29, 1.82) is 0 Å². The fourth-order valence-electron chi connectivity index (χ4n) is 2.33. The van der Waals surface area contributed by atoms with E-state index in [9.17, 15) is 5.11 Å². The van der Waals surface area contributed by atoms with Crippen molar-refractivity contribution in [2.24, 2.45) is 0 Å². The fraction of sp³-hybridized carbons (Fsp3) is 0.368. The number of hydrogen-bond donors (Lipinski definition) is 2. The van der Waals surface area contributed by atoms with Crippen LogP contribution in [-0.4, -0.2) is 24.8 Å². The molecule has 0 fully saturated rings. The first-order valence-electron chi connectivity index (χ1n) is 8.27. The fourth-order valence-corrected chi connectivity index (χ4v) is 2.33. The minimum Gasteiger partial charge on any atom is -0.508 e. The second kappa shape index (κ2) is 9.74. The monoisotopic (exact) mass is 314 g/mol. The third-order valence-corrected chi connectivity index (χ3v) is 3.47. The van der Waals surface area contributed by atoms with Gasteiger partial charge in [-0.1, -0.05) is 31.2 Å². The number of nitrogens with one attached hydrogen (secondary N) is 1. The number of para-hydroxylation sites is 1. The highest BCUT2D eigenvalue weighted by molar-refractivity contribution is 5.49. The Morgan fingerprint density at radius 3 is 2.61 bits per heavy atom. The van der Waals surface area contributed by atoms with Crippen LogP contribution in [0.5, 0.6) is 11.5 Å². The summed E-state index contributed by atoms with van der Waals surface area (Å²) in [5, 5.41) is 11.7. The zero-order valence-electron chi connectivity index (χ0n) is 13.7. The van der Waals surface area contributed by atoms with E-state index in [2.05, 4.69) is 17.4 Å². The maximum atomic E-state index is 9.61. The molecule has 4 heteroatoms. The summed E-state index contributed by atoms with van der Waals surface area (Å²) < 4.78 is 5.69. The molecule has 0 radical (unpaired) electrons. The third-order valence-electron chi connectivity index (χ3n) is 3.47. The summed E-state index contributed by atoms with van der Waals surface area (Å²) in [6.45, 7) is 4.66. The lowest BCUT2D eigenvalue weighted by atomic mass is 10.3. The van der Waals surface area contributed by atoms with Crippen LogP contribution in [0.15, 0.2) is 54.6 Å². The lowest BCUT2D eigenvalue weighted by Gasteiger charge is -2.25. The summed E-state index contributed by atoms with van der Waals surface area (Å²) in [6, 6.07) is 17.2. The minimum atomic E-state index is 0.293. The number of phenols is 1. The molecule has 2 rings (SSSR count). The Hall–Kier alpha value is -2.20. The predicted molar refractivity (Wildman–Crippen MR) is 94.9 cm³/mol. The van der Waals surface area contributed by atoms with Crippen molar-refractivity contribution in [2.75, 3.05) is 24.7 Å². The number of hydrazine groups is 1. The number of aromatic hydroxyl groups is 1. The molecule has 0 unspecified atom stereocenters. The Labute approximate surface area is 138 Å². The van der Waals surface area contributed by atoms with Gasteiger partial charge in [-0.3, -0.25) is 0 Å². The molecular formula is C19H26N2O2. The number of hydrogen-bond acceptors (Lipinski definition) is 4. The molecule has 124 valence electrons. The number of rotatable bonds is 10. The first kappa shape index (κ1) is 17.2. The van der Waals surface area contributed by atoms with Crippen molar-refractivity contribution in [2.45, 2.75) is 26.2 Å². The third kappa shape index (κ3) is 6.20. The molecule has 23 heavy (non-hydrogen) atoms. The molecule has 0 bridgehead atoms. The van der Waals surface area contributed by atoms with Gasteiger partial charge in [-0.15, -0.1) is 0 Å².